The van der Waals surface area contributed by atoms with Crippen molar-refractivity contribution in [2.75, 3.05) is 0 Å². The molecule has 0 saturated carbocycles. The van der Waals surface area contributed by atoms with Gasteiger partial charge in [0.25, 0.3) is 5.56 Å². The Morgan fingerprint density at radius 2 is 1.70 bits per heavy atom. The Morgan fingerprint density at radius 3 is 2.40 bits per heavy atom. The Balaban J connectivity index is 1.69. The number of amides is 1. The molecular formula is C24H29N3O2S. The number of hydrogen-bond donors (Lipinski definition) is 1. The van der Waals surface area contributed by atoms with Crippen molar-refractivity contribution in [2.24, 2.45) is 0 Å². The smallest absolute Gasteiger partial charge is 0.262 e. The second kappa shape index (κ2) is 9.94. The molecule has 30 heavy (non-hydrogen) atoms. The highest BCUT2D eigenvalue weighted by Gasteiger charge is 2.21. The van der Waals surface area contributed by atoms with Crippen LogP contribution in [0.4, 0.5) is 0 Å². The highest BCUT2D eigenvalue weighted by atomic mass is 32.2. The minimum absolute atomic E-state index is 0.0433. The van der Waals surface area contributed by atoms with Crippen molar-refractivity contribution in [3.05, 3.63) is 70.5 Å². The number of hydrogen-bond acceptors (Lipinski definition) is 4. The minimum atomic E-state index is -0.359. The number of para-hydroxylation sites is 1. The van der Waals surface area contributed by atoms with E-state index in [2.05, 4.69) is 22.4 Å². The molecule has 5 nitrogen and oxygen atoms in total. The fraction of sp³-hybridized carbons (Fsp3) is 0.375. The summed E-state index contributed by atoms with van der Waals surface area (Å²) in [4.78, 5) is 30.4. The van der Waals surface area contributed by atoms with E-state index in [4.69, 9.17) is 0 Å². The Morgan fingerprint density at radius 1 is 1.03 bits per heavy atom. The van der Waals surface area contributed by atoms with Crippen LogP contribution in [0, 0.1) is 0 Å². The summed E-state index contributed by atoms with van der Waals surface area (Å²) in [5, 5.41) is 3.91. The lowest BCUT2D eigenvalue weighted by Gasteiger charge is -2.20. The molecule has 1 amide bonds. The number of fused-ring (bicyclic) bond motifs is 1. The summed E-state index contributed by atoms with van der Waals surface area (Å²) in [5.41, 5.74) is 1.86. The van der Waals surface area contributed by atoms with E-state index in [1.807, 2.05) is 64.1 Å². The van der Waals surface area contributed by atoms with Crippen LogP contribution in [0.5, 0.6) is 0 Å². The predicted octanol–water partition coefficient (Wildman–Crippen LogP) is 4.60. The molecule has 0 spiro atoms. The summed E-state index contributed by atoms with van der Waals surface area (Å²) in [6, 6.07) is 17.6. The molecule has 6 heteroatoms. The summed E-state index contributed by atoms with van der Waals surface area (Å²) in [6.45, 7) is 7.79. The molecule has 3 rings (SSSR count). The van der Waals surface area contributed by atoms with Gasteiger partial charge in [-0.2, -0.15) is 0 Å². The molecule has 1 aromatic heterocycles. The van der Waals surface area contributed by atoms with Crippen LogP contribution < -0.4 is 10.9 Å². The van der Waals surface area contributed by atoms with Crippen LogP contribution in [-0.2, 0) is 11.2 Å². The van der Waals surface area contributed by atoms with Gasteiger partial charge in [-0.25, -0.2) is 4.98 Å². The Kier molecular flexibility index (Phi) is 7.32. The monoisotopic (exact) mass is 423 g/mol. The Hall–Kier alpha value is -2.60. The lowest BCUT2D eigenvalue weighted by Crippen LogP contribution is -2.38. The quantitative estimate of drug-likeness (QED) is 0.425. The number of nitrogens with one attached hydrogen (secondary N) is 1. The number of carbonyl (C=O) groups excluding carboxylic acids is 1. The molecule has 158 valence electrons. The standard InChI is InChI=1S/C24H29N3O2S/c1-16(2)27-23(29)20-12-8-9-13-21(20)26-24(27)30-18(4)22(28)25-17(3)14-15-19-10-6-5-7-11-19/h5-13,16-18H,14-15H2,1-4H3,(H,25,28)/t17-,18+/m1/s1. The third-order valence-corrected chi connectivity index (χ3v) is 6.11. The van der Waals surface area contributed by atoms with Crippen molar-refractivity contribution in [2.45, 2.75) is 63.0 Å². The van der Waals surface area contributed by atoms with E-state index in [1.165, 1.54) is 17.3 Å². The van der Waals surface area contributed by atoms with Gasteiger partial charge in [-0.05, 0) is 58.2 Å². The van der Waals surface area contributed by atoms with Crippen LogP contribution in [-0.4, -0.2) is 26.8 Å². The number of aromatic nitrogens is 2. The maximum atomic E-state index is 12.9. The third-order valence-electron chi connectivity index (χ3n) is 5.04. The van der Waals surface area contributed by atoms with Crippen LogP contribution in [0.1, 0.15) is 45.7 Å². The highest BCUT2D eigenvalue weighted by molar-refractivity contribution is 8.00. The first-order chi connectivity index (χ1) is 14.4. The van der Waals surface area contributed by atoms with Gasteiger partial charge in [0.15, 0.2) is 5.16 Å². The van der Waals surface area contributed by atoms with Gasteiger partial charge < -0.3 is 5.32 Å². The predicted molar refractivity (Wildman–Crippen MR) is 124 cm³/mol. The molecule has 2 atom stereocenters. The van der Waals surface area contributed by atoms with Gasteiger partial charge in [0.1, 0.15) is 0 Å². The van der Waals surface area contributed by atoms with E-state index in [1.54, 1.807) is 10.6 Å². The third kappa shape index (κ3) is 5.30. The number of rotatable bonds is 8. The molecule has 0 bridgehead atoms. The molecule has 0 aliphatic rings. The zero-order chi connectivity index (χ0) is 21.7. The SMILES string of the molecule is CC(C)n1c(S[C@@H](C)C(=O)N[C@H](C)CCc2ccccc2)nc2ccccc2c1=O. The molecule has 0 aliphatic heterocycles. The molecule has 1 N–H and O–H groups in total. The molecule has 3 aromatic rings. The average Bonchev–Trinajstić information content (AvgIpc) is 2.72. The number of nitrogens with zero attached hydrogens (tertiary/aromatic N) is 2. The van der Waals surface area contributed by atoms with Crippen molar-refractivity contribution in [3.63, 3.8) is 0 Å². The van der Waals surface area contributed by atoms with Gasteiger partial charge >= 0.3 is 0 Å². The second-order valence-corrected chi connectivity index (χ2v) is 9.18. The van der Waals surface area contributed by atoms with Crippen LogP contribution in [0.3, 0.4) is 0 Å². The second-order valence-electron chi connectivity index (χ2n) is 7.87. The van der Waals surface area contributed by atoms with Crippen LogP contribution in [0.15, 0.2) is 64.5 Å². The zero-order valence-electron chi connectivity index (χ0n) is 18.0. The number of thioether (sulfide) groups is 1. The van der Waals surface area contributed by atoms with E-state index in [0.29, 0.717) is 16.1 Å². The van der Waals surface area contributed by atoms with Crippen LogP contribution in [0.25, 0.3) is 10.9 Å². The number of aryl methyl sites for hydroxylation is 1. The largest absolute Gasteiger partial charge is 0.353 e. The summed E-state index contributed by atoms with van der Waals surface area (Å²) in [5.74, 6) is -0.0433. The molecule has 0 fully saturated rings. The molecular weight excluding hydrogens is 394 g/mol. The lowest BCUT2D eigenvalue weighted by molar-refractivity contribution is -0.120. The summed E-state index contributed by atoms with van der Waals surface area (Å²) in [7, 11) is 0. The van der Waals surface area contributed by atoms with Crippen molar-refractivity contribution >= 4 is 28.6 Å². The topological polar surface area (TPSA) is 64.0 Å². The van der Waals surface area contributed by atoms with Gasteiger partial charge in [-0.1, -0.05) is 54.2 Å². The molecule has 1 heterocycles. The molecule has 2 aromatic carbocycles. The maximum absolute atomic E-state index is 12.9. The Bertz CT molecular complexity index is 1060. The fourth-order valence-corrected chi connectivity index (χ4v) is 4.39. The molecule has 0 saturated heterocycles. The van der Waals surface area contributed by atoms with E-state index in [9.17, 15) is 9.59 Å². The molecule has 0 radical (unpaired) electrons. The van der Waals surface area contributed by atoms with E-state index < -0.39 is 0 Å². The summed E-state index contributed by atoms with van der Waals surface area (Å²) < 4.78 is 1.68. The zero-order valence-corrected chi connectivity index (χ0v) is 18.8. The van der Waals surface area contributed by atoms with Gasteiger partial charge in [0.05, 0.1) is 16.2 Å². The molecule has 0 aliphatic carbocycles. The van der Waals surface area contributed by atoms with Crippen molar-refractivity contribution in [3.8, 4) is 0 Å². The first-order valence-corrected chi connectivity index (χ1v) is 11.3. The van der Waals surface area contributed by atoms with Crippen molar-refractivity contribution in [1.29, 1.82) is 0 Å². The van der Waals surface area contributed by atoms with Gasteiger partial charge in [0.2, 0.25) is 5.91 Å². The van der Waals surface area contributed by atoms with E-state index in [0.717, 1.165) is 12.8 Å². The number of carbonyl (C=O) groups is 1. The first-order valence-electron chi connectivity index (χ1n) is 10.4. The lowest BCUT2D eigenvalue weighted by atomic mass is 10.1. The highest BCUT2D eigenvalue weighted by Crippen LogP contribution is 2.25. The van der Waals surface area contributed by atoms with Gasteiger partial charge in [0, 0.05) is 12.1 Å². The Labute approximate surface area is 181 Å². The fourth-order valence-electron chi connectivity index (χ4n) is 3.34. The summed E-state index contributed by atoms with van der Waals surface area (Å²) >= 11 is 1.33. The first kappa shape index (κ1) is 22.1. The van der Waals surface area contributed by atoms with Gasteiger partial charge in [-0.15, -0.1) is 0 Å². The van der Waals surface area contributed by atoms with Gasteiger partial charge in [-0.3, -0.25) is 14.2 Å². The van der Waals surface area contributed by atoms with Crippen LogP contribution in [0.2, 0.25) is 0 Å². The normalized spacial score (nSPS) is 13.4. The van der Waals surface area contributed by atoms with Crippen molar-refractivity contribution in [1.82, 2.24) is 14.9 Å². The van der Waals surface area contributed by atoms with Crippen molar-refractivity contribution < 1.29 is 4.79 Å². The maximum Gasteiger partial charge on any atom is 0.262 e. The minimum Gasteiger partial charge on any atom is -0.353 e. The average molecular weight is 424 g/mol. The van der Waals surface area contributed by atoms with Crippen LogP contribution >= 0.6 is 11.8 Å². The number of benzene rings is 2. The van der Waals surface area contributed by atoms with E-state index >= 15 is 0 Å². The van der Waals surface area contributed by atoms with E-state index in [-0.39, 0.29) is 28.8 Å². The molecule has 0 unspecified atom stereocenters. The summed E-state index contributed by atoms with van der Waals surface area (Å²) in [6.07, 6.45) is 1.79.